The number of aryl methyl sites for hydroxylation is 1. The van der Waals surface area contributed by atoms with Crippen molar-refractivity contribution in [1.29, 1.82) is 0 Å². The molecule has 0 aromatic carbocycles. The Morgan fingerprint density at radius 1 is 1.82 bits per heavy atom. The first-order valence-corrected chi connectivity index (χ1v) is 3.31. The minimum atomic E-state index is -0.489. The molecule has 0 radical (unpaired) electrons. The number of carbonyl (C=O) groups excluding carboxylic acids is 1. The largest absolute Gasteiger partial charge is 0.463 e. The van der Waals surface area contributed by atoms with Crippen molar-refractivity contribution in [3.63, 3.8) is 0 Å². The van der Waals surface area contributed by atoms with Crippen LogP contribution < -0.4 is 0 Å². The quantitative estimate of drug-likeness (QED) is 0.598. The van der Waals surface area contributed by atoms with E-state index < -0.39 is 5.97 Å². The van der Waals surface area contributed by atoms with Gasteiger partial charge in [0.1, 0.15) is 0 Å². The van der Waals surface area contributed by atoms with Crippen LogP contribution >= 0.6 is 0 Å². The van der Waals surface area contributed by atoms with Crippen molar-refractivity contribution in [2.75, 3.05) is 7.11 Å². The second-order valence-corrected chi connectivity index (χ2v) is 2.03. The number of aromatic nitrogens is 1. The number of carbonyl (C=O) groups is 1. The molecule has 0 saturated carbocycles. The van der Waals surface area contributed by atoms with Crippen LogP contribution in [0.3, 0.4) is 0 Å². The van der Waals surface area contributed by atoms with Crippen molar-refractivity contribution in [3.8, 4) is 0 Å². The molecule has 1 rings (SSSR count). The molecule has 0 saturated heterocycles. The second kappa shape index (κ2) is 3.18. The molecule has 0 aliphatic heterocycles. The standard InChI is InChI=1S/C7H9NO3/c1-3-5-4-6(11-8-5)7(9)10-2/h4H,3H2,1-2H3. The Morgan fingerprint density at radius 3 is 3.00 bits per heavy atom. The fraction of sp³-hybridized carbons (Fsp3) is 0.429. The number of esters is 1. The first-order chi connectivity index (χ1) is 5.27. The van der Waals surface area contributed by atoms with E-state index in [-0.39, 0.29) is 5.76 Å². The summed E-state index contributed by atoms with van der Waals surface area (Å²) in [7, 11) is 1.30. The summed E-state index contributed by atoms with van der Waals surface area (Å²) in [6.45, 7) is 1.93. The molecule has 0 unspecified atom stereocenters. The van der Waals surface area contributed by atoms with Crippen LogP contribution in [-0.4, -0.2) is 18.2 Å². The molecule has 1 aromatic rings. The number of hydrogen-bond donors (Lipinski definition) is 0. The summed E-state index contributed by atoms with van der Waals surface area (Å²) in [6.07, 6.45) is 0.750. The molecule has 0 bridgehead atoms. The molecular weight excluding hydrogens is 146 g/mol. The van der Waals surface area contributed by atoms with Crippen molar-refractivity contribution < 1.29 is 14.1 Å². The van der Waals surface area contributed by atoms with Crippen LogP contribution in [0.2, 0.25) is 0 Å². The predicted octanol–water partition coefficient (Wildman–Crippen LogP) is 1.02. The molecule has 1 heterocycles. The van der Waals surface area contributed by atoms with Gasteiger partial charge >= 0.3 is 5.97 Å². The first kappa shape index (κ1) is 7.78. The van der Waals surface area contributed by atoms with Crippen molar-refractivity contribution in [1.82, 2.24) is 5.16 Å². The maximum absolute atomic E-state index is 10.8. The molecule has 1 aromatic heterocycles. The summed E-state index contributed by atoms with van der Waals surface area (Å²) >= 11 is 0. The van der Waals surface area contributed by atoms with E-state index in [4.69, 9.17) is 0 Å². The second-order valence-electron chi connectivity index (χ2n) is 2.03. The van der Waals surface area contributed by atoms with E-state index in [0.717, 1.165) is 12.1 Å². The highest BCUT2D eigenvalue weighted by Crippen LogP contribution is 2.04. The molecule has 4 nitrogen and oxygen atoms in total. The van der Waals surface area contributed by atoms with Gasteiger partial charge in [-0.05, 0) is 6.42 Å². The normalized spacial score (nSPS) is 9.64. The van der Waals surface area contributed by atoms with E-state index in [0.29, 0.717) is 0 Å². The SMILES string of the molecule is CCc1cc(C(=O)OC)on1. The summed E-state index contributed by atoms with van der Waals surface area (Å²) in [6, 6.07) is 1.58. The monoisotopic (exact) mass is 155 g/mol. The van der Waals surface area contributed by atoms with Gasteiger partial charge in [-0.1, -0.05) is 12.1 Å². The fourth-order valence-corrected chi connectivity index (χ4v) is 0.675. The third-order valence-electron chi connectivity index (χ3n) is 1.31. The Kier molecular flexibility index (Phi) is 2.25. The molecule has 0 spiro atoms. The maximum atomic E-state index is 10.8. The summed E-state index contributed by atoms with van der Waals surface area (Å²) in [5, 5.41) is 3.63. The van der Waals surface area contributed by atoms with Gasteiger partial charge in [-0.2, -0.15) is 0 Å². The molecule has 0 amide bonds. The maximum Gasteiger partial charge on any atom is 0.376 e. The molecule has 0 aliphatic carbocycles. The zero-order valence-corrected chi connectivity index (χ0v) is 6.46. The van der Waals surface area contributed by atoms with Crippen LogP contribution in [0.15, 0.2) is 10.6 Å². The van der Waals surface area contributed by atoms with Crippen molar-refractivity contribution in [2.45, 2.75) is 13.3 Å². The number of ether oxygens (including phenoxy) is 1. The Balaban J connectivity index is 2.80. The third kappa shape index (κ3) is 1.58. The van der Waals surface area contributed by atoms with E-state index in [1.807, 2.05) is 6.92 Å². The highest BCUT2D eigenvalue weighted by atomic mass is 16.5. The number of methoxy groups -OCH3 is 1. The molecule has 0 N–H and O–H groups in total. The molecule has 0 fully saturated rings. The average Bonchev–Trinajstić information content (AvgIpc) is 2.50. The summed E-state index contributed by atoms with van der Waals surface area (Å²) < 4.78 is 9.11. The first-order valence-electron chi connectivity index (χ1n) is 3.31. The minimum Gasteiger partial charge on any atom is -0.463 e. The van der Waals surface area contributed by atoms with Crippen LogP contribution in [0, 0.1) is 0 Å². The summed E-state index contributed by atoms with van der Waals surface area (Å²) in [4.78, 5) is 10.8. The van der Waals surface area contributed by atoms with Crippen LogP contribution in [0.5, 0.6) is 0 Å². The Hall–Kier alpha value is -1.32. The Labute approximate surface area is 64.1 Å². The highest BCUT2D eigenvalue weighted by Gasteiger charge is 2.11. The summed E-state index contributed by atoms with van der Waals surface area (Å²) in [5.41, 5.74) is 0.755. The Morgan fingerprint density at radius 2 is 2.55 bits per heavy atom. The highest BCUT2D eigenvalue weighted by molar-refractivity contribution is 5.86. The van der Waals surface area contributed by atoms with Crippen LogP contribution in [0.1, 0.15) is 23.2 Å². The van der Waals surface area contributed by atoms with E-state index in [2.05, 4.69) is 14.4 Å². The fourth-order valence-electron chi connectivity index (χ4n) is 0.675. The number of rotatable bonds is 2. The van der Waals surface area contributed by atoms with Crippen LogP contribution in [0.4, 0.5) is 0 Å². The zero-order chi connectivity index (χ0) is 8.27. The average molecular weight is 155 g/mol. The van der Waals surface area contributed by atoms with Gasteiger partial charge in [-0.3, -0.25) is 0 Å². The van der Waals surface area contributed by atoms with Gasteiger partial charge in [0.2, 0.25) is 5.76 Å². The van der Waals surface area contributed by atoms with Gasteiger partial charge in [0, 0.05) is 6.07 Å². The van der Waals surface area contributed by atoms with Crippen molar-refractivity contribution in [2.24, 2.45) is 0 Å². The third-order valence-corrected chi connectivity index (χ3v) is 1.31. The molecule has 4 heteroatoms. The lowest BCUT2D eigenvalue weighted by molar-refractivity contribution is 0.0554. The lowest BCUT2D eigenvalue weighted by atomic mass is 10.3. The number of nitrogens with zero attached hydrogens (tertiary/aromatic N) is 1. The Bertz CT molecular complexity index is 254. The van der Waals surface area contributed by atoms with Gasteiger partial charge in [0.25, 0.3) is 0 Å². The number of hydrogen-bond acceptors (Lipinski definition) is 4. The minimum absolute atomic E-state index is 0.157. The van der Waals surface area contributed by atoms with Gasteiger partial charge < -0.3 is 9.26 Å². The van der Waals surface area contributed by atoms with Crippen molar-refractivity contribution >= 4 is 5.97 Å². The smallest absolute Gasteiger partial charge is 0.376 e. The van der Waals surface area contributed by atoms with Gasteiger partial charge in [-0.15, -0.1) is 0 Å². The molecule has 0 atom stereocenters. The van der Waals surface area contributed by atoms with E-state index in [9.17, 15) is 4.79 Å². The van der Waals surface area contributed by atoms with Crippen molar-refractivity contribution in [3.05, 3.63) is 17.5 Å². The van der Waals surface area contributed by atoms with E-state index in [1.165, 1.54) is 7.11 Å². The van der Waals surface area contributed by atoms with Crippen LogP contribution in [-0.2, 0) is 11.2 Å². The van der Waals surface area contributed by atoms with E-state index >= 15 is 0 Å². The molecule has 11 heavy (non-hydrogen) atoms. The molecular formula is C7H9NO3. The van der Waals surface area contributed by atoms with Gasteiger partial charge in [-0.25, -0.2) is 4.79 Å². The molecule has 60 valence electrons. The predicted molar refractivity (Wildman–Crippen MR) is 37.2 cm³/mol. The molecule has 0 aliphatic rings. The summed E-state index contributed by atoms with van der Waals surface area (Å²) in [5.74, 6) is -0.332. The van der Waals surface area contributed by atoms with Crippen LogP contribution in [0.25, 0.3) is 0 Å². The zero-order valence-electron chi connectivity index (χ0n) is 6.46. The van der Waals surface area contributed by atoms with Gasteiger partial charge in [0.15, 0.2) is 0 Å². The van der Waals surface area contributed by atoms with Gasteiger partial charge in [0.05, 0.1) is 12.8 Å². The lowest BCUT2D eigenvalue weighted by Gasteiger charge is -1.88. The lowest BCUT2D eigenvalue weighted by Crippen LogP contribution is -1.98. The topological polar surface area (TPSA) is 52.3 Å². The van der Waals surface area contributed by atoms with E-state index in [1.54, 1.807) is 6.07 Å².